The van der Waals surface area contributed by atoms with Gasteiger partial charge in [-0.1, -0.05) is 38.1 Å². The molecule has 168 valence electrons. The average Bonchev–Trinajstić information content (AvgIpc) is 2.98. The van der Waals surface area contributed by atoms with Crippen molar-refractivity contribution >= 4 is 10.0 Å². The molecule has 0 radical (unpaired) electrons. The Labute approximate surface area is 185 Å². The maximum atomic E-state index is 13.6. The van der Waals surface area contributed by atoms with E-state index in [4.69, 9.17) is 9.47 Å². The van der Waals surface area contributed by atoms with Gasteiger partial charge in [-0.2, -0.15) is 4.31 Å². The summed E-state index contributed by atoms with van der Waals surface area (Å²) < 4.78 is 40.6. The molecule has 2 atom stereocenters. The van der Waals surface area contributed by atoms with Crippen molar-refractivity contribution in [1.82, 2.24) is 9.21 Å². The predicted molar refractivity (Wildman–Crippen MR) is 121 cm³/mol. The van der Waals surface area contributed by atoms with Gasteiger partial charge in [-0.15, -0.1) is 0 Å². The van der Waals surface area contributed by atoms with E-state index in [2.05, 4.69) is 30.9 Å². The monoisotopic (exact) mass is 444 g/mol. The molecule has 0 spiro atoms. The van der Waals surface area contributed by atoms with Gasteiger partial charge in [0.15, 0.2) is 0 Å². The summed E-state index contributed by atoms with van der Waals surface area (Å²) in [5.41, 5.74) is 1.19. The van der Waals surface area contributed by atoms with Gasteiger partial charge in [0.25, 0.3) is 0 Å². The third kappa shape index (κ3) is 4.73. The number of likely N-dealkylation sites (tertiary alicyclic amines) is 1. The first-order chi connectivity index (χ1) is 14.9. The Hall–Kier alpha value is -2.09. The van der Waals surface area contributed by atoms with Crippen LogP contribution in [0.5, 0.6) is 11.5 Å². The summed E-state index contributed by atoms with van der Waals surface area (Å²) in [6.45, 7) is 7.11. The maximum Gasteiger partial charge on any atom is 0.247 e. The highest BCUT2D eigenvalue weighted by atomic mass is 32.2. The minimum Gasteiger partial charge on any atom is -0.497 e. The molecule has 31 heavy (non-hydrogen) atoms. The number of methoxy groups -OCH3 is 1. The summed E-state index contributed by atoms with van der Waals surface area (Å²) in [4.78, 5) is 2.68. The second kappa shape index (κ2) is 9.18. The van der Waals surface area contributed by atoms with E-state index in [0.717, 1.165) is 38.2 Å². The molecule has 2 aliphatic heterocycles. The normalized spacial score (nSPS) is 23.9. The number of rotatable bonds is 5. The van der Waals surface area contributed by atoms with Crippen molar-refractivity contribution < 1.29 is 17.9 Å². The Morgan fingerprint density at radius 3 is 2.65 bits per heavy atom. The van der Waals surface area contributed by atoms with Gasteiger partial charge in [0.2, 0.25) is 10.0 Å². The summed E-state index contributed by atoms with van der Waals surface area (Å²) in [5.74, 6) is 1.56. The second-order valence-electron chi connectivity index (χ2n) is 8.84. The van der Waals surface area contributed by atoms with Crippen molar-refractivity contribution in [2.75, 3.05) is 26.7 Å². The highest BCUT2D eigenvalue weighted by Gasteiger charge is 2.43. The summed E-state index contributed by atoms with van der Waals surface area (Å²) in [6.07, 6.45) is 1.37. The molecule has 4 rings (SSSR count). The zero-order valence-corrected chi connectivity index (χ0v) is 19.3. The molecule has 0 bridgehead atoms. The Morgan fingerprint density at radius 2 is 1.87 bits per heavy atom. The third-order valence-electron chi connectivity index (χ3n) is 6.07. The van der Waals surface area contributed by atoms with Crippen LogP contribution in [0.3, 0.4) is 0 Å². The second-order valence-corrected chi connectivity index (χ2v) is 10.7. The van der Waals surface area contributed by atoms with Gasteiger partial charge in [0, 0.05) is 26.2 Å². The molecule has 2 aromatic carbocycles. The van der Waals surface area contributed by atoms with Crippen LogP contribution >= 0.6 is 0 Å². The van der Waals surface area contributed by atoms with Crippen LogP contribution in [0.2, 0.25) is 0 Å². The van der Waals surface area contributed by atoms with Gasteiger partial charge in [-0.05, 0) is 48.6 Å². The van der Waals surface area contributed by atoms with Gasteiger partial charge in [-0.3, -0.25) is 4.90 Å². The number of benzene rings is 2. The molecule has 0 aromatic heterocycles. The molecule has 0 amide bonds. The summed E-state index contributed by atoms with van der Waals surface area (Å²) >= 11 is 0. The summed E-state index contributed by atoms with van der Waals surface area (Å²) in [6, 6.07) is 15.0. The van der Waals surface area contributed by atoms with Crippen LogP contribution in [0.1, 0.15) is 32.3 Å². The molecule has 0 N–H and O–H groups in total. The number of fused-ring (bicyclic) bond motifs is 2. The van der Waals surface area contributed by atoms with Crippen molar-refractivity contribution in [3.63, 3.8) is 0 Å². The van der Waals surface area contributed by atoms with Crippen LogP contribution in [-0.2, 0) is 16.6 Å². The summed E-state index contributed by atoms with van der Waals surface area (Å²) in [5, 5.41) is 0. The highest BCUT2D eigenvalue weighted by Crippen LogP contribution is 2.37. The standard InChI is InChI=1S/C24H32N2O4S/c1-18(2)16-26-21-11-13-25(17-19-7-6-8-20(15-19)29-3)14-12-22(21)30-23-9-4-5-10-24(23)31(26,27)28/h4-10,15,18,21-22H,11-14,16-17H2,1-3H3/t21-,22-/m1/s1. The maximum absolute atomic E-state index is 13.6. The number of para-hydroxylation sites is 1. The topological polar surface area (TPSA) is 59.1 Å². The average molecular weight is 445 g/mol. The van der Waals surface area contributed by atoms with Crippen LogP contribution in [0, 0.1) is 5.92 Å². The Kier molecular flexibility index (Phi) is 6.55. The van der Waals surface area contributed by atoms with E-state index < -0.39 is 10.0 Å². The first-order valence-corrected chi connectivity index (χ1v) is 12.5. The minimum atomic E-state index is -3.61. The molecule has 1 fully saturated rings. The SMILES string of the molecule is COc1cccc(CN2CC[C@@H]3[C@@H](CC2)Oc2ccccc2S(=O)(=O)N3CC(C)C)c1. The molecule has 6 nitrogen and oxygen atoms in total. The van der Waals surface area contributed by atoms with E-state index in [1.165, 1.54) is 5.56 Å². The van der Waals surface area contributed by atoms with Gasteiger partial charge in [-0.25, -0.2) is 8.42 Å². The third-order valence-corrected chi connectivity index (χ3v) is 8.00. The van der Waals surface area contributed by atoms with Crippen LogP contribution in [-0.4, -0.2) is 56.5 Å². The Morgan fingerprint density at radius 1 is 1.10 bits per heavy atom. The fourth-order valence-electron chi connectivity index (χ4n) is 4.59. The van der Waals surface area contributed by atoms with E-state index in [1.54, 1.807) is 29.6 Å². The fraction of sp³-hybridized carbons (Fsp3) is 0.500. The number of sulfonamides is 1. The first-order valence-electron chi connectivity index (χ1n) is 11.0. The highest BCUT2D eigenvalue weighted by molar-refractivity contribution is 7.89. The van der Waals surface area contributed by atoms with Crippen molar-refractivity contribution in [3.05, 3.63) is 54.1 Å². The van der Waals surface area contributed by atoms with E-state index >= 15 is 0 Å². The molecule has 7 heteroatoms. The van der Waals surface area contributed by atoms with Gasteiger partial charge in [0.05, 0.1) is 13.2 Å². The molecular weight excluding hydrogens is 412 g/mol. The number of ether oxygens (including phenoxy) is 2. The number of hydrogen-bond acceptors (Lipinski definition) is 5. The van der Waals surface area contributed by atoms with Crippen LogP contribution < -0.4 is 9.47 Å². The quantitative estimate of drug-likeness (QED) is 0.703. The molecule has 0 aliphatic carbocycles. The first kappa shape index (κ1) is 22.1. The lowest BCUT2D eigenvalue weighted by Crippen LogP contribution is -2.48. The van der Waals surface area contributed by atoms with Crippen LogP contribution in [0.4, 0.5) is 0 Å². The van der Waals surface area contributed by atoms with Crippen molar-refractivity contribution in [2.24, 2.45) is 5.92 Å². The lowest BCUT2D eigenvalue weighted by atomic mass is 10.0. The molecule has 1 saturated heterocycles. The van der Waals surface area contributed by atoms with E-state index in [0.29, 0.717) is 12.3 Å². The fourth-order valence-corrected chi connectivity index (χ4v) is 6.56. The van der Waals surface area contributed by atoms with Crippen LogP contribution in [0.15, 0.2) is 53.4 Å². The lowest BCUT2D eigenvalue weighted by Gasteiger charge is -2.32. The van der Waals surface area contributed by atoms with Crippen molar-refractivity contribution in [2.45, 2.75) is 50.3 Å². The molecule has 2 aliphatic rings. The molecule has 0 unspecified atom stereocenters. The predicted octanol–water partition coefficient (Wildman–Crippen LogP) is 3.77. The zero-order valence-electron chi connectivity index (χ0n) is 18.5. The number of hydrogen-bond donors (Lipinski definition) is 0. The van der Waals surface area contributed by atoms with Gasteiger partial charge < -0.3 is 9.47 Å². The molecule has 2 heterocycles. The van der Waals surface area contributed by atoms with E-state index in [9.17, 15) is 8.42 Å². The van der Waals surface area contributed by atoms with Gasteiger partial charge >= 0.3 is 0 Å². The Balaban J connectivity index is 1.60. The van der Waals surface area contributed by atoms with Crippen LogP contribution in [0.25, 0.3) is 0 Å². The van der Waals surface area contributed by atoms with Crippen molar-refractivity contribution in [1.29, 1.82) is 0 Å². The Bertz CT molecular complexity index is 1010. The number of nitrogens with zero attached hydrogens (tertiary/aromatic N) is 2. The summed E-state index contributed by atoms with van der Waals surface area (Å²) in [7, 11) is -1.93. The smallest absolute Gasteiger partial charge is 0.247 e. The lowest BCUT2D eigenvalue weighted by molar-refractivity contribution is 0.108. The van der Waals surface area contributed by atoms with E-state index in [-0.39, 0.29) is 23.0 Å². The van der Waals surface area contributed by atoms with E-state index in [1.807, 2.05) is 18.2 Å². The van der Waals surface area contributed by atoms with Crippen molar-refractivity contribution in [3.8, 4) is 11.5 Å². The molecule has 2 aromatic rings. The minimum absolute atomic E-state index is 0.160. The molecule has 0 saturated carbocycles. The van der Waals surface area contributed by atoms with Gasteiger partial charge in [0.1, 0.15) is 22.5 Å². The largest absolute Gasteiger partial charge is 0.497 e. The zero-order chi connectivity index (χ0) is 22.0. The molecular formula is C24H32N2O4S.